The Morgan fingerprint density at radius 1 is 1.16 bits per heavy atom. The first kappa shape index (κ1) is 22.9. The molecule has 3 rings (SSSR count). The van der Waals surface area contributed by atoms with E-state index in [9.17, 15) is 5.11 Å². The summed E-state index contributed by atoms with van der Waals surface area (Å²) in [4.78, 5) is 6.33. The lowest BCUT2D eigenvalue weighted by Gasteiger charge is -2.49. The molecule has 2 N–H and O–H groups in total. The van der Waals surface area contributed by atoms with Crippen molar-refractivity contribution in [2.24, 2.45) is 4.99 Å². The summed E-state index contributed by atoms with van der Waals surface area (Å²) in [7, 11) is 2.08. The van der Waals surface area contributed by atoms with Gasteiger partial charge in [0.25, 0.3) is 0 Å². The minimum Gasteiger partial charge on any atom is -0.507 e. The maximum absolute atomic E-state index is 10.6. The number of phenols is 1. The Hall–Kier alpha value is -2.73. The van der Waals surface area contributed by atoms with Gasteiger partial charge in [0.2, 0.25) is 0 Å². The number of rotatable bonds is 5. The molecule has 0 spiro atoms. The number of benzene rings is 1. The number of hydrogen-bond donors (Lipinski definition) is 2. The Bertz CT molecular complexity index is 972. The lowest BCUT2D eigenvalue weighted by Crippen LogP contribution is -2.62. The molecule has 31 heavy (non-hydrogen) atoms. The van der Waals surface area contributed by atoms with Crippen LogP contribution in [-0.4, -0.2) is 46.2 Å². The van der Waals surface area contributed by atoms with Crippen molar-refractivity contribution in [3.63, 3.8) is 0 Å². The molecule has 1 aliphatic rings. The van der Waals surface area contributed by atoms with E-state index >= 15 is 0 Å². The third-order valence-electron chi connectivity index (χ3n) is 5.76. The molecule has 0 amide bonds. The summed E-state index contributed by atoms with van der Waals surface area (Å²) in [6.45, 7) is 16.7. The van der Waals surface area contributed by atoms with Crippen LogP contribution in [-0.2, 0) is 0 Å². The zero-order valence-corrected chi connectivity index (χ0v) is 19.8. The van der Waals surface area contributed by atoms with Crippen molar-refractivity contribution in [3.8, 4) is 17.0 Å². The number of anilines is 1. The number of allylic oxidation sites excluding steroid dienone is 1. The van der Waals surface area contributed by atoms with E-state index in [0.29, 0.717) is 23.0 Å². The molecule has 2 aromatic rings. The topological polar surface area (TPSA) is 73.6 Å². The molecule has 1 aromatic heterocycles. The third-order valence-corrected chi connectivity index (χ3v) is 5.76. The summed E-state index contributed by atoms with van der Waals surface area (Å²) >= 11 is 0. The second kappa shape index (κ2) is 8.42. The van der Waals surface area contributed by atoms with Gasteiger partial charge in [-0.3, -0.25) is 4.99 Å². The number of piperidine rings is 1. The Kier molecular flexibility index (Phi) is 6.23. The first-order chi connectivity index (χ1) is 14.4. The van der Waals surface area contributed by atoms with Gasteiger partial charge in [0.1, 0.15) is 5.75 Å². The molecule has 0 radical (unpaired) electrons. The molecule has 1 aromatic carbocycles. The van der Waals surface area contributed by atoms with Crippen molar-refractivity contribution in [1.82, 2.24) is 15.5 Å². The molecule has 0 atom stereocenters. The molecule has 0 bridgehead atoms. The molecule has 0 unspecified atom stereocenters. The van der Waals surface area contributed by atoms with Crippen molar-refractivity contribution in [1.29, 1.82) is 0 Å². The number of hydrogen-bond acceptors (Lipinski definition) is 6. The average molecular weight is 422 g/mol. The van der Waals surface area contributed by atoms with Crippen LogP contribution in [0.25, 0.3) is 17.3 Å². The Labute approximate surface area is 186 Å². The second-order valence-electron chi connectivity index (χ2n) is 10.2. The quantitative estimate of drug-likeness (QED) is 0.637. The van der Waals surface area contributed by atoms with Crippen molar-refractivity contribution in [2.75, 3.05) is 11.9 Å². The molecule has 2 heterocycles. The van der Waals surface area contributed by atoms with Crippen LogP contribution in [0.3, 0.4) is 0 Å². The van der Waals surface area contributed by atoms with Crippen molar-refractivity contribution in [3.05, 3.63) is 35.4 Å². The van der Waals surface area contributed by atoms with E-state index in [0.717, 1.165) is 29.8 Å². The van der Waals surface area contributed by atoms with Gasteiger partial charge in [-0.25, -0.2) is 0 Å². The van der Waals surface area contributed by atoms with Gasteiger partial charge in [0, 0.05) is 35.3 Å². The Morgan fingerprint density at radius 3 is 2.32 bits per heavy atom. The van der Waals surface area contributed by atoms with Gasteiger partial charge in [-0.05, 0) is 85.4 Å². The van der Waals surface area contributed by atoms with Crippen LogP contribution in [0.2, 0.25) is 0 Å². The summed E-state index contributed by atoms with van der Waals surface area (Å²) in [6.07, 6.45) is 4.02. The normalized spacial score (nSPS) is 17.8. The van der Waals surface area contributed by atoms with E-state index in [4.69, 9.17) is 0 Å². The molecular formula is C25H35N5O. The fourth-order valence-electron chi connectivity index (χ4n) is 4.75. The molecule has 1 aliphatic heterocycles. The monoisotopic (exact) mass is 421 g/mol. The third kappa shape index (κ3) is 5.31. The predicted octanol–water partition coefficient (Wildman–Crippen LogP) is 5.35. The first-order valence-corrected chi connectivity index (χ1v) is 10.8. The lowest BCUT2D eigenvalue weighted by molar-refractivity contribution is 0.160. The fourth-order valence-corrected chi connectivity index (χ4v) is 4.75. The van der Waals surface area contributed by atoms with Crippen molar-refractivity contribution >= 4 is 24.3 Å². The minimum absolute atomic E-state index is 0.0565. The van der Waals surface area contributed by atoms with E-state index in [1.54, 1.807) is 6.07 Å². The molecule has 1 saturated heterocycles. The predicted molar refractivity (Wildman–Crippen MR) is 130 cm³/mol. The smallest absolute Gasteiger partial charge is 0.151 e. The summed E-state index contributed by atoms with van der Waals surface area (Å²) < 4.78 is 0. The van der Waals surface area contributed by atoms with Crippen LogP contribution in [0.4, 0.5) is 11.5 Å². The highest BCUT2D eigenvalue weighted by Crippen LogP contribution is 2.36. The molecule has 6 nitrogen and oxygen atoms in total. The van der Waals surface area contributed by atoms with Crippen LogP contribution in [0.1, 0.15) is 59.9 Å². The van der Waals surface area contributed by atoms with Crippen LogP contribution in [0.5, 0.6) is 5.75 Å². The zero-order chi connectivity index (χ0) is 23.0. The average Bonchev–Trinajstić information content (AvgIpc) is 2.65. The maximum Gasteiger partial charge on any atom is 0.151 e. The molecule has 1 fully saturated rings. The van der Waals surface area contributed by atoms with Gasteiger partial charge in [-0.2, -0.15) is 0 Å². The van der Waals surface area contributed by atoms with E-state index in [-0.39, 0.29) is 16.8 Å². The lowest BCUT2D eigenvalue weighted by atomic mass is 9.79. The number of aromatic hydroxyl groups is 1. The highest BCUT2D eigenvalue weighted by atomic mass is 16.3. The van der Waals surface area contributed by atoms with E-state index in [1.165, 1.54) is 0 Å². The maximum atomic E-state index is 10.6. The molecule has 0 aliphatic carbocycles. The van der Waals surface area contributed by atoms with Crippen molar-refractivity contribution < 1.29 is 5.11 Å². The fraction of sp³-hybridized carbons (Fsp3) is 0.480. The number of aliphatic imine (C=N–C) groups is 1. The summed E-state index contributed by atoms with van der Waals surface area (Å²) in [5.74, 6) is 0.974. The van der Waals surface area contributed by atoms with E-state index in [1.807, 2.05) is 38.1 Å². The standard InChI is InChI=1S/C25H35N5O/c1-16(2)11-17-12-22(31)19(13-21(17)26-7)20-9-10-23(28-27-20)30(8)18-14-24(3,4)29-25(5,6)15-18/h9-13,18,29,31H,7,14-15H2,1-6,8H3. The Balaban J connectivity index is 1.88. The van der Waals surface area contributed by atoms with Crippen LogP contribution >= 0.6 is 0 Å². The molecular weight excluding hydrogens is 386 g/mol. The van der Waals surface area contributed by atoms with Gasteiger partial charge in [-0.1, -0.05) is 11.6 Å². The van der Waals surface area contributed by atoms with Gasteiger partial charge < -0.3 is 15.3 Å². The zero-order valence-electron chi connectivity index (χ0n) is 19.8. The number of nitrogens with one attached hydrogen (secondary N) is 1. The van der Waals surface area contributed by atoms with Gasteiger partial charge >= 0.3 is 0 Å². The SMILES string of the molecule is C=Nc1cc(-c2ccc(N(C)C3CC(C)(C)NC(C)(C)C3)nn2)c(O)cc1C=C(C)C. The number of phenolic OH excluding ortho intramolecular Hbond substituents is 1. The van der Waals surface area contributed by atoms with Gasteiger partial charge in [0.05, 0.1) is 11.4 Å². The minimum atomic E-state index is 0.0565. The largest absolute Gasteiger partial charge is 0.507 e. The molecule has 166 valence electrons. The second-order valence-corrected chi connectivity index (χ2v) is 10.2. The number of nitrogens with zero attached hydrogens (tertiary/aromatic N) is 4. The summed E-state index contributed by atoms with van der Waals surface area (Å²) in [5, 5.41) is 23.2. The van der Waals surface area contributed by atoms with Crippen LogP contribution < -0.4 is 10.2 Å². The van der Waals surface area contributed by atoms with Gasteiger partial charge in [0.15, 0.2) is 5.82 Å². The first-order valence-electron chi connectivity index (χ1n) is 10.8. The van der Waals surface area contributed by atoms with Crippen LogP contribution in [0.15, 0.2) is 34.8 Å². The van der Waals surface area contributed by atoms with Crippen molar-refractivity contribution in [2.45, 2.75) is 71.5 Å². The molecule has 6 heteroatoms. The Morgan fingerprint density at radius 2 is 1.81 bits per heavy atom. The van der Waals surface area contributed by atoms with Crippen LogP contribution in [0, 0.1) is 0 Å². The highest BCUT2D eigenvalue weighted by molar-refractivity contribution is 5.78. The van der Waals surface area contributed by atoms with E-state index in [2.05, 4.69) is 66.9 Å². The summed E-state index contributed by atoms with van der Waals surface area (Å²) in [5.41, 5.74) is 3.97. The number of aromatic nitrogens is 2. The summed E-state index contributed by atoms with van der Waals surface area (Å²) in [6, 6.07) is 7.74. The highest BCUT2D eigenvalue weighted by Gasteiger charge is 2.39. The molecule has 0 saturated carbocycles. The van der Waals surface area contributed by atoms with Gasteiger partial charge in [-0.15, -0.1) is 10.2 Å². The van der Waals surface area contributed by atoms with E-state index < -0.39 is 0 Å².